The molecule has 0 atom stereocenters. The van der Waals surface area contributed by atoms with Gasteiger partial charge in [0.05, 0.1) is 35.5 Å². The van der Waals surface area contributed by atoms with E-state index in [1.54, 1.807) is 0 Å². The van der Waals surface area contributed by atoms with E-state index in [2.05, 4.69) is 15.0 Å². The molecule has 3 rings (SSSR count). The zero-order valence-electron chi connectivity index (χ0n) is 13.9. The average Bonchev–Trinajstić information content (AvgIpc) is 3.12. The number of ether oxygens (including phenoxy) is 1. The Bertz CT molecular complexity index is 938. The lowest BCUT2D eigenvalue weighted by molar-refractivity contribution is -0.115. The van der Waals surface area contributed by atoms with E-state index in [1.165, 1.54) is 31.6 Å². The second-order valence-electron chi connectivity index (χ2n) is 5.42. The molecule has 0 aliphatic heterocycles. The molecule has 26 heavy (non-hydrogen) atoms. The lowest BCUT2D eigenvalue weighted by Gasteiger charge is -2.08. The summed E-state index contributed by atoms with van der Waals surface area (Å²) in [6.07, 6.45) is 1.45. The number of nitrogens with zero attached hydrogens (tertiary/aromatic N) is 1. The molecule has 2 aromatic carbocycles. The van der Waals surface area contributed by atoms with Crippen LogP contribution in [0, 0.1) is 0 Å². The van der Waals surface area contributed by atoms with E-state index in [-0.39, 0.29) is 12.3 Å². The van der Waals surface area contributed by atoms with E-state index in [4.69, 9.17) is 16.0 Å². The van der Waals surface area contributed by atoms with Crippen molar-refractivity contribution in [2.24, 2.45) is 0 Å². The number of anilines is 1. The van der Waals surface area contributed by atoms with Crippen molar-refractivity contribution in [2.75, 3.05) is 12.4 Å². The van der Waals surface area contributed by atoms with Crippen molar-refractivity contribution < 1.29 is 18.7 Å². The topological polar surface area (TPSA) is 81.4 Å². The molecular formula is C19H15ClN2O4. The third-order valence-electron chi connectivity index (χ3n) is 3.58. The number of hydrogen-bond donors (Lipinski definition) is 1. The number of amides is 1. The second-order valence-corrected chi connectivity index (χ2v) is 5.83. The molecule has 0 bridgehead atoms. The molecule has 0 saturated carbocycles. The number of aromatic nitrogens is 1. The summed E-state index contributed by atoms with van der Waals surface area (Å²) in [5.74, 6) is -0.401. The highest BCUT2D eigenvalue weighted by Gasteiger charge is 2.14. The zero-order chi connectivity index (χ0) is 18.5. The first kappa shape index (κ1) is 17.7. The highest BCUT2D eigenvalue weighted by atomic mass is 35.5. The lowest BCUT2D eigenvalue weighted by Crippen LogP contribution is -2.15. The maximum Gasteiger partial charge on any atom is 0.337 e. The van der Waals surface area contributed by atoms with E-state index in [0.717, 1.165) is 5.56 Å². The number of esters is 1. The third kappa shape index (κ3) is 4.10. The Hall–Kier alpha value is -3.12. The van der Waals surface area contributed by atoms with E-state index in [0.29, 0.717) is 27.9 Å². The SMILES string of the molecule is COC(=O)c1ccc(Cl)c(NC(=O)Cc2coc(-c3ccccc3)n2)c1. The number of benzene rings is 2. The van der Waals surface area contributed by atoms with Crippen LogP contribution in [-0.4, -0.2) is 24.0 Å². The molecule has 0 aliphatic carbocycles. The lowest BCUT2D eigenvalue weighted by atomic mass is 10.2. The predicted octanol–water partition coefficient (Wildman–Crippen LogP) is 3.96. The van der Waals surface area contributed by atoms with E-state index >= 15 is 0 Å². The van der Waals surface area contributed by atoms with Crippen LogP contribution in [0.5, 0.6) is 0 Å². The number of carbonyl (C=O) groups excluding carboxylic acids is 2. The first-order valence-electron chi connectivity index (χ1n) is 7.74. The normalized spacial score (nSPS) is 10.4. The number of nitrogens with one attached hydrogen (secondary N) is 1. The maximum absolute atomic E-state index is 12.3. The molecule has 0 unspecified atom stereocenters. The van der Waals surface area contributed by atoms with Gasteiger partial charge in [0, 0.05) is 5.56 Å². The molecule has 1 aromatic heterocycles. The Labute approximate surface area is 154 Å². The van der Waals surface area contributed by atoms with Crippen molar-refractivity contribution in [1.29, 1.82) is 0 Å². The molecule has 132 valence electrons. The van der Waals surface area contributed by atoms with Crippen LogP contribution < -0.4 is 5.32 Å². The first-order valence-corrected chi connectivity index (χ1v) is 8.12. The Morgan fingerprint density at radius 1 is 1.19 bits per heavy atom. The van der Waals surface area contributed by atoms with Crippen LogP contribution in [0.4, 0.5) is 5.69 Å². The molecule has 6 nitrogen and oxygen atoms in total. The van der Waals surface area contributed by atoms with Gasteiger partial charge in [0.1, 0.15) is 6.26 Å². The highest BCUT2D eigenvalue weighted by molar-refractivity contribution is 6.33. The molecule has 0 radical (unpaired) electrons. The minimum atomic E-state index is -0.513. The van der Waals surface area contributed by atoms with Gasteiger partial charge in [-0.1, -0.05) is 29.8 Å². The van der Waals surface area contributed by atoms with Crippen molar-refractivity contribution in [1.82, 2.24) is 4.98 Å². The van der Waals surface area contributed by atoms with Gasteiger partial charge in [0.15, 0.2) is 0 Å². The number of halogens is 1. The molecule has 7 heteroatoms. The number of hydrogen-bond acceptors (Lipinski definition) is 5. The Morgan fingerprint density at radius 2 is 1.96 bits per heavy atom. The van der Waals surface area contributed by atoms with Gasteiger partial charge in [0.25, 0.3) is 0 Å². The van der Waals surface area contributed by atoms with Gasteiger partial charge in [-0.05, 0) is 30.3 Å². The molecule has 1 N–H and O–H groups in total. The number of oxazole rings is 1. The second kappa shape index (κ2) is 7.84. The van der Waals surface area contributed by atoms with Gasteiger partial charge in [-0.3, -0.25) is 4.79 Å². The first-order chi connectivity index (χ1) is 12.6. The van der Waals surface area contributed by atoms with E-state index in [1.807, 2.05) is 30.3 Å². The van der Waals surface area contributed by atoms with Crippen LogP contribution in [0.3, 0.4) is 0 Å². The number of methoxy groups -OCH3 is 1. The quantitative estimate of drug-likeness (QED) is 0.687. The van der Waals surface area contributed by atoms with Gasteiger partial charge < -0.3 is 14.5 Å². The smallest absolute Gasteiger partial charge is 0.337 e. The van der Waals surface area contributed by atoms with Crippen molar-refractivity contribution >= 4 is 29.2 Å². The maximum atomic E-state index is 12.3. The summed E-state index contributed by atoms with van der Waals surface area (Å²) in [4.78, 5) is 28.2. The standard InChI is InChI=1S/C19H15ClN2O4/c1-25-19(24)13-7-8-15(20)16(9-13)22-17(23)10-14-11-26-18(21-14)12-5-3-2-4-6-12/h2-9,11H,10H2,1H3,(H,22,23). The predicted molar refractivity (Wildman–Crippen MR) is 97.1 cm³/mol. The summed E-state index contributed by atoms with van der Waals surface area (Å²) in [5, 5.41) is 2.98. The zero-order valence-corrected chi connectivity index (χ0v) is 14.6. The van der Waals surface area contributed by atoms with Crippen LogP contribution in [0.15, 0.2) is 59.2 Å². The van der Waals surface area contributed by atoms with E-state index in [9.17, 15) is 9.59 Å². The largest absolute Gasteiger partial charge is 0.465 e. The van der Waals surface area contributed by atoms with Gasteiger partial charge in [0.2, 0.25) is 11.8 Å². The molecule has 0 aliphatic rings. The van der Waals surface area contributed by atoms with Crippen LogP contribution >= 0.6 is 11.6 Å². The molecular weight excluding hydrogens is 356 g/mol. The van der Waals surface area contributed by atoms with Crippen LogP contribution in [0.25, 0.3) is 11.5 Å². The fraction of sp³-hybridized carbons (Fsp3) is 0.105. The van der Waals surface area contributed by atoms with Crippen molar-refractivity contribution in [2.45, 2.75) is 6.42 Å². The molecule has 1 amide bonds. The molecule has 3 aromatic rings. The number of rotatable bonds is 5. The van der Waals surface area contributed by atoms with Crippen LogP contribution in [0.2, 0.25) is 5.02 Å². The molecule has 0 fully saturated rings. The monoisotopic (exact) mass is 370 g/mol. The Balaban J connectivity index is 1.70. The minimum Gasteiger partial charge on any atom is -0.465 e. The Kier molecular flexibility index (Phi) is 5.34. The van der Waals surface area contributed by atoms with Crippen molar-refractivity contribution in [3.8, 4) is 11.5 Å². The third-order valence-corrected chi connectivity index (χ3v) is 3.91. The Morgan fingerprint density at radius 3 is 2.69 bits per heavy atom. The summed E-state index contributed by atoms with van der Waals surface area (Å²) in [6.45, 7) is 0. The van der Waals surface area contributed by atoms with E-state index < -0.39 is 5.97 Å². The minimum absolute atomic E-state index is 0.00904. The average molecular weight is 371 g/mol. The molecule has 0 saturated heterocycles. The fourth-order valence-corrected chi connectivity index (χ4v) is 2.49. The summed E-state index contributed by atoms with van der Waals surface area (Å²) in [6, 6.07) is 13.9. The van der Waals surface area contributed by atoms with Crippen molar-refractivity contribution in [3.05, 3.63) is 71.1 Å². The summed E-state index contributed by atoms with van der Waals surface area (Å²) in [7, 11) is 1.28. The summed E-state index contributed by atoms with van der Waals surface area (Å²) < 4.78 is 10.1. The molecule has 0 spiro atoms. The summed E-state index contributed by atoms with van der Waals surface area (Å²) >= 11 is 6.07. The number of carbonyl (C=O) groups is 2. The van der Waals surface area contributed by atoms with Gasteiger partial charge in [-0.15, -0.1) is 0 Å². The van der Waals surface area contributed by atoms with Crippen LogP contribution in [0.1, 0.15) is 16.1 Å². The van der Waals surface area contributed by atoms with Gasteiger partial charge in [-0.25, -0.2) is 9.78 Å². The van der Waals surface area contributed by atoms with Gasteiger partial charge >= 0.3 is 5.97 Å². The summed E-state index contributed by atoms with van der Waals surface area (Å²) in [5.41, 5.74) is 1.93. The highest BCUT2D eigenvalue weighted by Crippen LogP contribution is 2.24. The van der Waals surface area contributed by atoms with Crippen molar-refractivity contribution in [3.63, 3.8) is 0 Å². The van der Waals surface area contributed by atoms with Gasteiger partial charge in [-0.2, -0.15) is 0 Å². The molecule has 1 heterocycles. The fourth-order valence-electron chi connectivity index (χ4n) is 2.33. The van der Waals surface area contributed by atoms with Crippen LogP contribution in [-0.2, 0) is 16.0 Å².